The zero-order valence-corrected chi connectivity index (χ0v) is 17.1. The average Bonchev–Trinajstić information content (AvgIpc) is 3.03. The highest BCUT2D eigenvalue weighted by atomic mass is 35.5. The van der Waals surface area contributed by atoms with E-state index in [1.54, 1.807) is 17.0 Å². The minimum atomic E-state index is -0.0380. The third kappa shape index (κ3) is 4.67. The van der Waals surface area contributed by atoms with Gasteiger partial charge in [-0.25, -0.2) is 4.98 Å². The number of halogens is 1. The number of anilines is 1. The molecule has 0 atom stereocenters. The molecular formula is C21H21ClN2O2S. The van der Waals surface area contributed by atoms with E-state index in [4.69, 9.17) is 16.3 Å². The Morgan fingerprint density at radius 3 is 2.44 bits per heavy atom. The molecule has 3 rings (SSSR count). The van der Waals surface area contributed by atoms with E-state index >= 15 is 0 Å². The number of rotatable bonds is 6. The van der Waals surface area contributed by atoms with Gasteiger partial charge in [0.25, 0.3) is 5.91 Å². The molecule has 0 aliphatic carbocycles. The molecule has 27 heavy (non-hydrogen) atoms. The summed E-state index contributed by atoms with van der Waals surface area (Å²) in [7, 11) is 0. The SMILES string of the molecule is Cc1nc(COc2ccc(Cl)cc2)sc1C(=O)N(c1ccccc1)C(C)C. The maximum atomic E-state index is 13.2. The van der Waals surface area contributed by atoms with Gasteiger partial charge in [0.2, 0.25) is 0 Å². The summed E-state index contributed by atoms with van der Waals surface area (Å²) in [6.07, 6.45) is 0. The number of nitrogens with zero attached hydrogens (tertiary/aromatic N) is 2. The zero-order chi connectivity index (χ0) is 19.4. The van der Waals surface area contributed by atoms with Gasteiger partial charge in [-0.3, -0.25) is 4.79 Å². The Labute approximate surface area is 168 Å². The minimum Gasteiger partial charge on any atom is -0.486 e. The predicted molar refractivity (Wildman–Crippen MR) is 111 cm³/mol. The summed E-state index contributed by atoms with van der Waals surface area (Å²) in [6.45, 7) is 6.18. The van der Waals surface area contributed by atoms with Crippen molar-refractivity contribution in [1.82, 2.24) is 4.98 Å². The molecule has 0 N–H and O–H groups in total. The molecule has 4 nitrogen and oxygen atoms in total. The van der Waals surface area contributed by atoms with Crippen molar-refractivity contribution in [3.8, 4) is 5.75 Å². The first-order valence-electron chi connectivity index (χ1n) is 8.69. The van der Waals surface area contributed by atoms with Crippen LogP contribution in [-0.4, -0.2) is 16.9 Å². The number of aryl methyl sites for hydroxylation is 1. The molecular weight excluding hydrogens is 380 g/mol. The summed E-state index contributed by atoms with van der Waals surface area (Å²) >= 11 is 7.26. The summed E-state index contributed by atoms with van der Waals surface area (Å²) in [4.78, 5) is 20.1. The lowest BCUT2D eigenvalue weighted by atomic mass is 10.2. The van der Waals surface area contributed by atoms with Gasteiger partial charge in [-0.05, 0) is 57.2 Å². The fourth-order valence-corrected chi connectivity index (χ4v) is 3.78. The maximum absolute atomic E-state index is 13.2. The van der Waals surface area contributed by atoms with E-state index in [2.05, 4.69) is 4.98 Å². The van der Waals surface area contributed by atoms with E-state index in [0.29, 0.717) is 22.3 Å². The van der Waals surface area contributed by atoms with Crippen LogP contribution in [0.4, 0.5) is 5.69 Å². The fraction of sp³-hybridized carbons (Fsp3) is 0.238. The molecule has 0 saturated heterocycles. The van der Waals surface area contributed by atoms with Crippen molar-refractivity contribution < 1.29 is 9.53 Å². The number of aromatic nitrogens is 1. The number of thiazole rings is 1. The molecule has 140 valence electrons. The number of para-hydroxylation sites is 1. The number of ether oxygens (including phenoxy) is 1. The van der Waals surface area contributed by atoms with Crippen LogP contribution < -0.4 is 9.64 Å². The van der Waals surface area contributed by atoms with Crippen molar-refractivity contribution in [1.29, 1.82) is 0 Å². The van der Waals surface area contributed by atoms with Crippen molar-refractivity contribution >= 4 is 34.5 Å². The average molecular weight is 401 g/mol. The second-order valence-electron chi connectivity index (χ2n) is 6.37. The topological polar surface area (TPSA) is 42.4 Å². The molecule has 0 fully saturated rings. The molecule has 1 amide bonds. The van der Waals surface area contributed by atoms with E-state index in [1.807, 2.05) is 63.2 Å². The van der Waals surface area contributed by atoms with Crippen LogP contribution in [0, 0.1) is 6.92 Å². The van der Waals surface area contributed by atoms with E-state index in [0.717, 1.165) is 16.4 Å². The van der Waals surface area contributed by atoms with E-state index in [1.165, 1.54) is 11.3 Å². The van der Waals surface area contributed by atoms with Crippen LogP contribution in [-0.2, 0) is 6.61 Å². The Morgan fingerprint density at radius 1 is 1.15 bits per heavy atom. The van der Waals surface area contributed by atoms with Gasteiger partial charge in [0.05, 0.1) is 5.69 Å². The first kappa shape index (κ1) is 19.4. The van der Waals surface area contributed by atoms with Gasteiger partial charge in [0, 0.05) is 16.8 Å². The molecule has 6 heteroatoms. The summed E-state index contributed by atoms with van der Waals surface area (Å²) < 4.78 is 5.75. The molecule has 0 saturated carbocycles. The van der Waals surface area contributed by atoms with Gasteiger partial charge >= 0.3 is 0 Å². The molecule has 0 unspecified atom stereocenters. The highest BCUT2D eigenvalue weighted by Crippen LogP contribution is 2.26. The predicted octanol–water partition coefficient (Wildman–Crippen LogP) is 5.74. The number of benzene rings is 2. The Morgan fingerprint density at radius 2 is 1.81 bits per heavy atom. The first-order valence-corrected chi connectivity index (χ1v) is 9.88. The summed E-state index contributed by atoms with van der Waals surface area (Å²) in [5.41, 5.74) is 1.60. The molecule has 0 bridgehead atoms. The van der Waals surface area contributed by atoms with Crippen LogP contribution in [0.25, 0.3) is 0 Å². The molecule has 1 heterocycles. The number of hydrogen-bond donors (Lipinski definition) is 0. The molecule has 0 aliphatic heterocycles. The molecule has 0 spiro atoms. The molecule has 1 aromatic heterocycles. The highest BCUT2D eigenvalue weighted by Gasteiger charge is 2.25. The van der Waals surface area contributed by atoms with Crippen LogP contribution in [0.5, 0.6) is 5.75 Å². The summed E-state index contributed by atoms with van der Waals surface area (Å²) in [5.74, 6) is 0.678. The van der Waals surface area contributed by atoms with Crippen LogP contribution >= 0.6 is 22.9 Å². The molecule has 3 aromatic rings. The van der Waals surface area contributed by atoms with Crippen LogP contribution in [0.1, 0.15) is 34.2 Å². The molecule has 2 aromatic carbocycles. The Hall–Kier alpha value is -2.37. The van der Waals surface area contributed by atoms with E-state index < -0.39 is 0 Å². The van der Waals surface area contributed by atoms with Crippen molar-refractivity contribution in [3.63, 3.8) is 0 Å². The van der Waals surface area contributed by atoms with Gasteiger partial charge in [0.15, 0.2) is 0 Å². The van der Waals surface area contributed by atoms with E-state index in [-0.39, 0.29) is 11.9 Å². The third-order valence-electron chi connectivity index (χ3n) is 3.98. The van der Waals surface area contributed by atoms with Gasteiger partial charge in [-0.15, -0.1) is 11.3 Å². The Balaban J connectivity index is 1.78. The minimum absolute atomic E-state index is 0.0372. The lowest BCUT2D eigenvalue weighted by molar-refractivity contribution is 0.0983. The van der Waals surface area contributed by atoms with Crippen LogP contribution in [0.2, 0.25) is 5.02 Å². The monoisotopic (exact) mass is 400 g/mol. The lowest BCUT2D eigenvalue weighted by Crippen LogP contribution is -2.36. The number of amides is 1. The number of carbonyl (C=O) groups is 1. The van der Waals surface area contributed by atoms with Crippen molar-refractivity contribution in [2.75, 3.05) is 4.90 Å². The molecule has 0 radical (unpaired) electrons. The number of hydrogen-bond acceptors (Lipinski definition) is 4. The first-order chi connectivity index (χ1) is 13.0. The van der Waals surface area contributed by atoms with Gasteiger partial charge < -0.3 is 9.64 Å². The smallest absolute Gasteiger partial charge is 0.270 e. The number of carbonyl (C=O) groups excluding carboxylic acids is 1. The third-order valence-corrected chi connectivity index (χ3v) is 5.35. The maximum Gasteiger partial charge on any atom is 0.270 e. The largest absolute Gasteiger partial charge is 0.486 e. The quantitative estimate of drug-likeness (QED) is 0.529. The molecule has 0 aliphatic rings. The van der Waals surface area contributed by atoms with Crippen molar-refractivity contribution in [2.45, 2.75) is 33.4 Å². The second kappa shape index (κ2) is 8.55. The standard InChI is InChI=1S/C21H21ClN2O2S/c1-14(2)24(17-7-5-4-6-8-17)21(25)20-15(3)23-19(27-20)13-26-18-11-9-16(22)10-12-18/h4-12,14H,13H2,1-3H3. The van der Waals surface area contributed by atoms with Gasteiger partial charge in [-0.2, -0.15) is 0 Å². The van der Waals surface area contributed by atoms with Crippen LogP contribution in [0.15, 0.2) is 54.6 Å². The summed E-state index contributed by atoms with van der Waals surface area (Å²) in [6, 6.07) is 16.9. The Kier molecular flexibility index (Phi) is 6.14. The lowest BCUT2D eigenvalue weighted by Gasteiger charge is -2.26. The highest BCUT2D eigenvalue weighted by molar-refractivity contribution is 7.13. The van der Waals surface area contributed by atoms with E-state index in [9.17, 15) is 4.79 Å². The fourth-order valence-electron chi connectivity index (χ4n) is 2.74. The van der Waals surface area contributed by atoms with Crippen molar-refractivity contribution in [2.24, 2.45) is 0 Å². The van der Waals surface area contributed by atoms with Crippen molar-refractivity contribution in [3.05, 3.63) is 75.2 Å². The van der Waals surface area contributed by atoms with Gasteiger partial charge in [0.1, 0.15) is 22.2 Å². The Bertz CT molecular complexity index is 908. The normalized spacial score (nSPS) is 10.9. The zero-order valence-electron chi connectivity index (χ0n) is 15.5. The van der Waals surface area contributed by atoms with Gasteiger partial charge in [-0.1, -0.05) is 29.8 Å². The second-order valence-corrected chi connectivity index (χ2v) is 7.89. The summed E-state index contributed by atoms with van der Waals surface area (Å²) in [5, 5.41) is 1.43. The van der Waals surface area contributed by atoms with Crippen LogP contribution in [0.3, 0.4) is 0 Å².